The third kappa shape index (κ3) is 3.73. The molecule has 24 heavy (non-hydrogen) atoms. The number of pyridine rings is 1. The van der Waals surface area contributed by atoms with Crippen LogP contribution in [0.15, 0.2) is 48.7 Å². The fourth-order valence-electron chi connectivity index (χ4n) is 2.28. The number of halogens is 1. The number of nitrogens with zero attached hydrogens (tertiary/aromatic N) is 3. The van der Waals surface area contributed by atoms with Crippen LogP contribution in [0.5, 0.6) is 5.88 Å². The smallest absolute Gasteiger partial charge is 0.246 e. The van der Waals surface area contributed by atoms with Gasteiger partial charge in [-0.25, -0.2) is 4.98 Å². The summed E-state index contributed by atoms with van der Waals surface area (Å²) in [6.45, 7) is 0.980. The summed E-state index contributed by atoms with van der Waals surface area (Å²) in [6.07, 6.45) is 4.63. The first-order valence-electron chi connectivity index (χ1n) is 7.40. The summed E-state index contributed by atoms with van der Waals surface area (Å²) in [5.41, 5.74) is 1.30. The molecule has 5 nitrogen and oxygen atoms in total. The number of aromatic nitrogens is 1. The molecule has 0 atom stereocenters. The van der Waals surface area contributed by atoms with Crippen LogP contribution in [0, 0.1) is 11.3 Å². The summed E-state index contributed by atoms with van der Waals surface area (Å²) < 4.78 is 5.65. The lowest BCUT2D eigenvalue weighted by molar-refractivity contribution is -0.134. The molecule has 1 aromatic carbocycles. The summed E-state index contributed by atoms with van der Waals surface area (Å²) in [5.74, 6) is 0.311. The largest absolute Gasteiger partial charge is 0.471 e. The standard InChI is InChI=1S/C18H14ClN3O2/c19-16-4-2-1-3-14(16)5-6-18(23)22-11-15(12-22)24-17-9-13(10-20)7-8-21-17/h1-9,15H,11-12H2/b6-5+. The predicted molar refractivity (Wildman–Crippen MR) is 90.4 cm³/mol. The Morgan fingerprint density at radius 1 is 1.38 bits per heavy atom. The molecule has 0 bridgehead atoms. The molecule has 0 saturated carbocycles. The second-order valence-electron chi connectivity index (χ2n) is 5.33. The molecular weight excluding hydrogens is 326 g/mol. The number of rotatable bonds is 4. The molecule has 1 fully saturated rings. The Bertz CT molecular complexity index is 823. The minimum atomic E-state index is -0.107. The number of benzene rings is 1. The van der Waals surface area contributed by atoms with E-state index in [1.807, 2.05) is 24.3 Å². The van der Waals surface area contributed by atoms with Gasteiger partial charge in [-0.05, 0) is 23.8 Å². The van der Waals surface area contributed by atoms with E-state index >= 15 is 0 Å². The summed E-state index contributed by atoms with van der Waals surface area (Å²) in [4.78, 5) is 17.8. The zero-order valence-electron chi connectivity index (χ0n) is 12.7. The third-order valence-electron chi connectivity index (χ3n) is 3.62. The maximum Gasteiger partial charge on any atom is 0.246 e. The van der Waals surface area contributed by atoms with Crippen LogP contribution in [0.25, 0.3) is 6.08 Å². The van der Waals surface area contributed by atoms with Crippen LogP contribution in [0.3, 0.4) is 0 Å². The Kier molecular flexibility index (Phi) is 4.78. The lowest BCUT2D eigenvalue weighted by atomic mass is 10.1. The van der Waals surface area contributed by atoms with Crippen LogP contribution in [-0.2, 0) is 4.79 Å². The molecule has 3 rings (SSSR count). The zero-order valence-corrected chi connectivity index (χ0v) is 13.5. The van der Waals surface area contributed by atoms with Gasteiger partial charge in [-0.3, -0.25) is 4.79 Å². The Morgan fingerprint density at radius 3 is 2.92 bits per heavy atom. The van der Waals surface area contributed by atoms with Crippen molar-refractivity contribution in [2.24, 2.45) is 0 Å². The number of ether oxygens (including phenoxy) is 1. The van der Waals surface area contributed by atoms with Gasteiger partial charge in [0.2, 0.25) is 11.8 Å². The van der Waals surface area contributed by atoms with Crippen LogP contribution in [0.2, 0.25) is 5.02 Å². The van der Waals surface area contributed by atoms with Crippen molar-refractivity contribution in [2.75, 3.05) is 13.1 Å². The minimum Gasteiger partial charge on any atom is -0.471 e. The number of carbonyl (C=O) groups excluding carboxylic acids is 1. The van der Waals surface area contributed by atoms with E-state index in [4.69, 9.17) is 21.6 Å². The number of likely N-dealkylation sites (tertiary alicyclic amines) is 1. The number of amides is 1. The van der Waals surface area contributed by atoms with Crippen LogP contribution in [0.1, 0.15) is 11.1 Å². The van der Waals surface area contributed by atoms with Crippen molar-refractivity contribution in [2.45, 2.75) is 6.10 Å². The monoisotopic (exact) mass is 339 g/mol. The lowest BCUT2D eigenvalue weighted by Crippen LogP contribution is -2.55. The van der Waals surface area contributed by atoms with E-state index in [1.54, 1.807) is 29.2 Å². The summed E-state index contributed by atoms with van der Waals surface area (Å²) >= 11 is 6.05. The van der Waals surface area contributed by atoms with Crippen molar-refractivity contribution >= 4 is 23.6 Å². The van der Waals surface area contributed by atoms with Crippen LogP contribution in [0.4, 0.5) is 0 Å². The molecule has 1 aliphatic heterocycles. The van der Waals surface area contributed by atoms with Crippen LogP contribution < -0.4 is 4.74 Å². The van der Waals surface area contributed by atoms with Crippen molar-refractivity contribution < 1.29 is 9.53 Å². The Hall–Kier alpha value is -2.84. The van der Waals surface area contributed by atoms with E-state index in [9.17, 15) is 4.79 Å². The highest BCUT2D eigenvalue weighted by Gasteiger charge is 2.31. The van der Waals surface area contributed by atoms with Gasteiger partial charge < -0.3 is 9.64 Å². The highest BCUT2D eigenvalue weighted by atomic mass is 35.5. The van der Waals surface area contributed by atoms with Gasteiger partial charge in [0.1, 0.15) is 6.10 Å². The SMILES string of the molecule is N#Cc1ccnc(OC2CN(C(=O)/C=C/c3ccccc3Cl)C2)c1. The molecular formula is C18H14ClN3O2. The Morgan fingerprint density at radius 2 is 2.17 bits per heavy atom. The molecule has 2 heterocycles. The molecule has 1 aromatic heterocycles. The quantitative estimate of drug-likeness (QED) is 0.803. The molecule has 0 aliphatic carbocycles. The van der Waals surface area contributed by atoms with Crippen molar-refractivity contribution in [1.29, 1.82) is 5.26 Å². The van der Waals surface area contributed by atoms with Crippen molar-refractivity contribution in [3.05, 3.63) is 64.8 Å². The van der Waals surface area contributed by atoms with Crippen LogP contribution >= 0.6 is 11.6 Å². The summed E-state index contributed by atoms with van der Waals surface area (Å²) in [6, 6.07) is 12.6. The molecule has 1 amide bonds. The highest BCUT2D eigenvalue weighted by Crippen LogP contribution is 2.19. The maximum atomic E-state index is 12.1. The fraction of sp³-hybridized carbons (Fsp3) is 0.167. The molecule has 0 unspecified atom stereocenters. The van der Waals surface area contributed by atoms with Gasteiger partial charge in [0.15, 0.2) is 0 Å². The van der Waals surface area contributed by atoms with Gasteiger partial charge in [0.25, 0.3) is 0 Å². The predicted octanol–water partition coefficient (Wildman–Crippen LogP) is 2.91. The third-order valence-corrected chi connectivity index (χ3v) is 3.97. The average molecular weight is 340 g/mol. The Labute approximate surface area is 144 Å². The molecule has 0 spiro atoms. The van der Waals surface area contributed by atoms with Crippen molar-refractivity contribution in [3.63, 3.8) is 0 Å². The van der Waals surface area contributed by atoms with E-state index in [1.165, 1.54) is 12.3 Å². The van der Waals surface area contributed by atoms with Crippen molar-refractivity contribution in [1.82, 2.24) is 9.88 Å². The zero-order chi connectivity index (χ0) is 16.9. The van der Waals surface area contributed by atoms with Crippen molar-refractivity contribution in [3.8, 4) is 11.9 Å². The Balaban J connectivity index is 1.52. The molecule has 1 saturated heterocycles. The molecule has 1 aliphatic rings. The number of nitriles is 1. The number of hydrogen-bond donors (Lipinski definition) is 0. The topological polar surface area (TPSA) is 66.2 Å². The molecule has 120 valence electrons. The average Bonchev–Trinajstić information content (AvgIpc) is 2.57. The molecule has 2 aromatic rings. The fourth-order valence-corrected chi connectivity index (χ4v) is 2.48. The molecule has 0 radical (unpaired) electrons. The van der Waals surface area contributed by atoms with Gasteiger partial charge >= 0.3 is 0 Å². The van der Waals surface area contributed by atoms with Crippen LogP contribution in [-0.4, -0.2) is 35.0 Å². The lowest BCUT2D eigenvalue weighted by Gasteiger charge is -2.38. The van der Waals surface area contributed by atoms with Gasteiger partial charge in [-0.2, -0.15) is 5.26 Å². The van der Waals surface area contributed by atoms with Gasteiger partial charge in [-0.1, -0.05) is 29.8 Å². The van der Waals surface area contributed by atoms with Gasteiger partial charge in [-0.15, -0.1) is 0 Å². The maximum absolute atomic E-state index is 12.1. The van der Waals surface area contributed by atoms with E-state index in [0.29, 0.717) is 29.6 Å². The van der Waals surface area contributed by atoms with Gasteiger partial charge in [0, 0.05) is 23.4 Å². The second kappa shape index (κ2) is 7.16. The highest BCUT2D eigenvalue weighted by molar-refractivity contribution is 6.32. The normalized spacial score (nSPS) is 14.2. The summed E-state index contributed by atoms with van der Waals surface area (Å²) in [5, 5.41) is 9.46. The first-order valence-corrected chi connectivity index (χ1v) is 7.78. The number of carbonyl (C=O) groups is 1. The van der Waals surface area contributed by atoms with E-state index in [2.05, 4.69) is 4.98 Å². The van der Waals surface area contributed by atoms with Gasteiger partial charge in [0.05, 0.1) is 24.7 Å². The van der Waals surface area contributed by atoms with E-state index in [0.717, 1.165) is 5.56 Å². The van der Waals surface area contributed by atoms with E-state index < -0.39 is 0 Å². The number of hydrogen-bond acceptors (Lipinski definition) is 4. The first kappa shape index (κ1) is 16.0. The molecule has 0 N–H and O–H groups in total. The minimum absolute atomic E-state index is 0.0893. The second-order valence-corrected chi connectivity index (χ2v) is 5.74. The first-order chi connectivity index (χ1) is 11.7. The van der Waals surface area contributed by atoms with E-state index in [-0.39, 0.29) is 12.0 Å². The summed E-state index contributed by atoms with van der Waals surface area (Å²) in [7, 11) is 0. The molecule has 6 heteroatoms.